The number of aryl methyl sites for hydroxylation is 1. The van der Waals surface area contributed by atoms with Gasteiger partial charge in [0.1, 0.15) is 12.3 Å². The molecule has 8 heteroatoms. The topological polar surface area (TPSA) is 87.1 Å². The molecule has 1 aromatic carbocycles. The Morgan fingerprint density at radius 2 is 2.22 bits per heavy atom. The van der Waals surface area contributed by atoms with Gasteiger partial charge in [-0.2, -0.15) is 0 Å². The summed E-state index contributed by atoms with van der Waals surface area (Å²) >= 11 is 0. The highest BCUT2D eigenvalue weighted by Gasteiger charge is 2.33. The molecule has 27 heavy (non-hydrogen) atoms. The molecule has 0 amide bonds. The number of halogens is 1. The Morgan fingerprint density at radius 1 is 1.41 bits per heavy atom. The third-order valence-electron chi connectivity index (χ3n) is 4.94. The van der Waals surface area contributed by atoms with Gasteiger partial charge in [0.25, 0.3) is 0 Å². The van der Waals surface area contributed by atoms with E-state index in [1.165, 1.54) is 6.07 Å². The van der Waals surface area contributed by atoms with Crippen LogP contribution >= 0.6 is 0 Å². The predicted octanol–water partition coefficient (Wildman–Crippen LogP) is 2.55. The zero-order chi connectivity index (χ0) is 19.2. The molecule has 7 nitrogen and oxygen atoms in total. The van der Waals surface area contributed by atoms with Gasteiger partial charge in [-0.25, -0.2) is 9.37 Å². The number of imidazole rings is 1. The Bertz CT molecular complexity index is 1060. The standard InChI is InChI=1S/C19H22FN5O2/c1-19(2)10-27-18-16(23-5-3-7-24-9-6-22-11-24)14(20)15(21)13-12(26)4-8-25(19)17(13)18/h4,6,8-9,11,23H,3,5,7,10,21H2,1-2H3. The molecular weight excluding hydrogens is 349 g/mol. The van der Waals surface area contributed by atoms with Gasteiger partial charge < -0.3 is 24.9 Å². The van der Waals surface area contributed by atoms with Gasteiger partial charge in [0, 0.05) is 37.7 Å². The Morgan fingerprint density at radius 3 is 2.96 bits per heavy atom. The number of rotatable bonds is 5. The quantitative estimate of drug-likeness (QED) is 0.532. The summed E-state index contributed by atoms with van der Waals surface area (Å²) < 4.78 is 24.8. The van der Waals surface area contributed by atoms with E-state index in [-0.39, 0.29) is 27.7 Å². The van der Waals surface area contributed by atoms with E-state index in [1.807, 2.05) is 29.2 Å². The minimum Gasteiger partial charge on any atom is -0.487 e. The first-order valence-electron chi connectivity index (χ1n) is 8.89. The van der Waals surface area contributed by atoms with Crippen LogP contribution in [0.2, 0.25) is 0 Å². The molecule has 142 valence electrons. The average molecular weight is 371 g/mol. The Kier molecular flexibility index (Phi) is 4.05. The second-order valence-corrected chi connectivity index (χ2v) is 7.39. The minimum atomic E-state index is -0.644. The van der Waals surface area contributed by atoms with E-state index in [0.29, 0.717) is 24.4 Å². The highest BCUT2D eigenvalue weighted by Crippen LogP contribution is 2.43. The van der Waals surface area contributed by atoms with E-state index in [2.05, 4.69) is 10.3 Å². The summed E-state index contributed by atoms with van der Waals surface area (Å²) in [6, 6.07) is 1.42. The summed E-state index contributed by atoms with van der Waals surface area (Å²) in [5.74, 6) is -0.300. The molecule has 4 rings (SSSR count). The molecule has 1 aliphatic rings. The Balaban J connectivity index is 1.74. The molecule has 0 aliphatic carbocycles. The molecule has 3 aromatic rings. The van der Waals surface area contributed by atoms with Crippen LogP contribution in [0.5, 0.6) is 5.75 Å². The smallest absolute Gasteiger partial charge is 0.191 e. The highest BCUT2D eigenvalue weighted by atomic mass is 19.1. The fourth-order valence-corrected chi connectivity index (χ4v) is 3.50. The fourth-order valence-electron chi connectivity index (χ4n) is 3.50. The number of nitrogens with zero attached hydrogens (tertiary/aromatic N) is 3. The lowest BCUT2D eigenvalue weighted by Crippen LogP contribution is -2.38. The minimum absolute atomic E-state index is 0.147. The third kappa shape index (κ3) is 2.81. The number of benzene rings is 1. The van der Waals surface area contributed by atoms with Crippen LogP contribution in [0.3, 0.4) is 0 Å². The van der Waals surface area contributed by atoms with Crippen molar-refractivity contribution in [1.29, 1.82) is 0 Å². The summed E-state index contributed by atoms with van der Waals surface area (Å²) in [7, 11) is 0. The van der Waals surface area contributed by atoms with Crippen LogP contribution < -0.4 is 21.2 Å². The molecule has 3 N–H and O–H groups in total. The summed E-state index contributed by atoms with van der Waals surface area (Å²) in [5, 5.41) is 3.27. The van der Waals surface area contributed by atoms with E-state index in [0.717, 1.165) is 13.0 Å². The van der Waals surface area contributed by atoms with Crippen molar-refractivity contribution in [3.8, 4) is 5.75 Å². The van der Waals surface area contributed by atoms with E-state index >= 15 is 0 Å². The SMILES string of the molecule is CC1(C)COc2c(NCCCn3ccnc3)c(F)c(N)c3c(=O)ccn1c23. The number of ether oxygens (including phenoxy) is 1. The van der Waals surface area contributed by atoms with Crippen LogP contribution in [0.25, 0.3) is 10.9 Å². The fraction of sp³-hybridized carbons (Fsp3) is 0.368. The molecule has 0 unspecified atom stereocenters. The predicted molar refractivity (Wildman–Crippen MR) is 103 cm³/mol. The van der Waals surface area contributed by atoms with Crippen LogP contribution in [0.15, 0.2) is 35.8 Å². The van der Waals surface area contributed by atoms with Crippen LogP contribution in [0, 0.1) is 5.82 Å². The molecule has 2 aromatic heterocycles. The molecule has 0 saturated heterocycles. The van der Waals surface area contributed by atoms with E-state index < -0.39 is 5.82 Å². The van der Waals surface area contributed by atoms with Crippen molar-refractivity contribution in [2.75, 3.05) is 24.2 Å². The highest BCUT2D eigenvalue weighted by molar-refractivity contribution is 6.00. The lowest BCUT2D eigenvalue weighted by molar-refractivity contribution is 0.171. The van der Waals surface area contributed by atoms with Gasteiger partial charge in [-0.15, -0.1) is 0 Å². The van der Waals surface area contributed by atoms with Crippen LogP contribution in [0.1, 0.15) is 20.3 Å². The van der Waals surface area contributed by atoms with Gasteiger partial charge in [0.2, 0.25) is 0 Å². The molecule has 0 saturated carbocycles. The van der Waals surface area contributed by atoms with Gasteiger partial charge in [0.05, 0.1) is 28.5 Å². The largest absolute Gasteiger partial charge is 0.487 e. The molecule has 0 fully saturated rings. The first kappa shape index (κ1) is 17.4. The van der Waals surface area contributed by atoms with Crippen LogP contribution in [0.4, 0.5) is 15.8 Å². The van der Waals surface area contributed by atoms with Crippen molar-refractivity contribution in [1.82, 2.24) is 14.1 Å². The summed E-state index contributed by atoms with van der Waals surface area (Å²) in [4.78, 5) is 16.4. The van der Waals surface area contributed by atoms with Crippen molar-refractivity contribution in [2.45, 2.75) is 32.4 Å². The lowest BCUT2D eigenvalue weighted by Gasteiger charge is -2.36. The summed E-state index contributed by atoms with van der Waals surface area (Å²) in [6.07, 6.45) is 7.82. The molecular formula is C19H22FN5O2. The van der Waals surface area contributed by atoms with Crippen molar-refractivity contribution in [2.24, 2.45) is 0 Å². The van der Waals surface area contributed by atoms with Crippen molar-refractivity contribution in [3.63, 3.8) is 0 Å². The first-order chi connectivity index (χ1) is 12.9. The van der Waals surface area contributed by atoms with E-state index in [9.17, 15) is 9.18 Å². The van der Waals surface area contributed by atoms with E-state index in [1.54, 1.807) is 18.7 Å². The Labute approximate surface area is 155 Å². The number of hydrogen-bond donors (Lipinski definition) is 2. The van der Waals surface area contributed by atoms with Crippen molar-refractivity contribution in [3.05, 3.63) is 47.0 Å². The number of hydrogen-bond acceptors (Lipinski definition) is 5. The third-order valence-corrected chi connectivity index (χ3v) is 4.94. The lowest BCUT2D eigenvalue weighted by atomic mass is 10.0. The second-order valence-electron chi connectivity index (χ2n) is 7.39. The number of aromatic nitrogens is 3. The van der Waals surface area contributed by atoms with Crippen molar-refractivity contribution >= 4 is 22.3 Å². The monoisotopic (exact) mass is 371 g/mol. The molecule has 1 aliphatic heterocycles. The molecule has 0 atom stereocenters. The zero-order valence-corrected chi connectivity index (χ0v) is 15.3. The van der Waals surface area contributed by atoms with Crippen LogP contribution in [-0.2, 0) is 12.1 Å². The normalized spacial score (nSPS) is 14.9. The Hall–Kier alpha value is -3.03. The van der Waals surface area contributed by atoms with E-state index in [4.69, 9.17) is 10.5 Å². The maximum Gasteiger partial charge on any atom is 0.191 e. The van der Waals surface area contributed by atoms with Gasteiger partial charge in [0.15, 0.2) is 17.0 Å². The number of pyridine rings is 1. The first-order valence-corrected chi connectivity index (χ1v) is 8.89. The molecule has 3 heterocycles. The van der Waals surface area contributed by atoms with Gasteiger partial charge >= 0.3 is 0 Å². The summed E-state index contributed by atoms with van der Waals surface area (Å²) in [5.41, 5.74) is 5.92. The molecule has 0 spiro atoms. The zero-order valence-electron chi connectivity index (χ0n) is 15.3. The maximum atomic E-state index is 15.0. The number of nitrogens with two attached hydrogens (primary N) is 1. The number of anilines is 2. The molecule has 0 bridgehead atoms. The van der Waals surface area contributed by atoms with Gasteiger partial charge in [-0.3, -0.25) is 4.79 Å². The number of nitrogen functional groups attached to an aromatic ring is 1. The summed E-state index contributed by atoms with van der Waals surface area (Å²) in [6.45, 7) is 5.64. The van der Waals surface area contributed by atoms with Crippen molar-refractivity contribution < 1.29 is 9.13 Å². The van der Waals surface area contributed by atoms with Crippen LogP contribution in [-0.4, -0.2) is 27.3 Å². The maximum absolute atomic E-state index is 15.0. The second kappa shape index (κ2) is 6.29. The van der Waals surface area contributed by atoms with Gasteiger partial charge in [-0.05, 0) is 20.3 Å². The average Bonchev–Trinajstić information content (AvgIpc) is 3.14. The number of nitrogens with one attached hydrogen (secondary N) is 1. The molecule has 0 radical (unpaired) electrons. The van der Waals surface area contributed by atoms with Gasteiger partial charge in [-0.1, -0.05) is 0 Å².